The lowest BCUT2D eigenvalue weighted by atomic mass is 9.65. The molecule has 1 aliphatic rings. The van der Waals surface area contributed by atoms with E-state index in [0.29, 0.717) is 6.61 Å². The molecule has 24 heavy (non-hydrogen) atoms. The molecular weight excluding hydrogens is 303 g/mol. The van der Waals surface area contributed by atoms with Crippen LogP contribution in [-0.2, 0) is 18.8 Å². The Hall–Kier alpha value is -1.33. The number of carbonyl (C=O) groups excluding carboxylic acids is 1. The number of rotatable bonds is 5. The molecule has 1 aliphatic heterocycles. The molecule has 0 aliphatic carbocycles. The van der Waals surface area contributed by atoms with E-state index >= 15 is 0 Å². The summed E-state index contributed by atoms with van der Waals surface area (Å²) in [7, 11) is -0.471. The number of ether oxygens (including phenoxy) is 1. The summed E-state index contributed by atoms with van der Waals surface area (Å²) >= 11 is 0. The first-order chi connectivity index (χ1) is 11.1. The molecule has 4 nitrogen and oxygen atoms in total. The largest absolute Gasteiger partial charge is 0.466 e. The summed E-state index contributed by atoms with van der Waals surface area (Å²) < 4.78 is 17.6. The van der Waals surface area contributed by atoms with Crippen molar-refractivity contribution in [2.75, 3.05) is 6.61 Å². The van der Waals surface area contributed by atoms with Crippen LogP contribution in [0.1, 0.15) is 63.5 Å². The Kier molecular flexibility index (Phi) is 5.45. The molecule has 5 heteroatoms. The Balaban J connectivity index is 2.35. The van der Waals surface area contributed by atoms with Crippen molar-refractivity contribution in [3.05, 3.63) is 34.9 Å². The van der Waals surface area contributed by atoms with Crippen molar-refractivity contribution in [3.8, 4) is 0 Å². The summed E-state index contributed by atoms with van der Waals surface area (Å²) in [6.07, 6.45) is 0.245. The third-order valence-corrected chi connectivity index (χ3v) is 5.12. The lowest BCUT2D eigenvalue weighted by Gasteiger charge is -2.32. The van der Waals surface area contributed by atoms with Gasteiger partial charge in [-0.1, -0.05) is 23.8 Å². The Morgan fingerprint density at radius 2 is 1.75 bits per heavy atom. The van der Waals surface area contributed by atoms with Crippen LogP contribution >= 0.6 is 0 Å². The van der Waals surface area contributed by atoms with E-state index in [1.807, 2.05) is 34.6 Å². The van der Waals surface area contributed by atoms with Gasteiger partial charge in [0.05, 0.1) is 24.2 Å². The van der Waals surface area contributed by atoms with Gasteiger partial charge in [0, 0.05) is 5.82 Å². The van der Waals surface area contributed by atoms with E-state index in [2.05, 4.69) is 32.0 Å². The number of esters is 1. The molecule has 1 unspecified atom stereocenters. The number of hydrogen-bond donors (Lipinski definition) is 0. The maximum Gasteiger partial charge on any atom is 0.466 e. The average Bonchev–Trinajstić information content (AvgIpc) is 2.65. The van der Waals surface area contributed by atoms with E-state index in [1.165, 1.54) is 5.56 Å². The van der Waals surface area contributed by atoms with Gasteiger partial charge in [-0.2, -0.15) is 0 Å². The third kappa shape index (κ3) is 3.84. The summed E-state index contributed by atoms with van der Waals surface area (Å²) in [6, 6.07) is 6.25. The molecule has 0 N–H and O–H groups in total. The van der Waals surface area contributed by atoms with Crippen molar-refractivity contribution in [2.24, 2.45) is 0 Å². The summed E-state index contributed by atoms with van der Waals surface area (Å²) in [6.45, 7) is 14.4. The highest BCUT2D eigenvalue weighted by Crippen LogP contribution is 2.42. The van der Waals surface area contributed by atoms with Crippen LogP contribution in [0.4, 0.5) is 0 Å². The normalized spacial score (nSPS) is 20.0. The van der Waals surface area contributed by atoms with Crippen LogP contribution in [0, 0.1) is 13.8 Å². The zero-order valence-electron chi connectivity index (χ0n) is 15.9. The molecule has 2 rings (SSSR count). The van der Waals surface area contributed by atoms with Crippen molar-refractivity contribution >= 4 is 13.1 Å². The molecule has 1 fully saturated rings. The van der Waals surface area contributed by atoms with Crippen molar-refractivity contribution in [3.63, 3.8) is 0 Å². The van der Waals surface area contributed by atoms with Gasteiger partial charge < -0.3 is 14.0 Å². The smallest absolute Gasteiger partial charge is 0.466 e. The number of hydrogen-bond acceptors (Lipinski definition) is 4. The summed E-state index contributed by atoms with van der Waals surface area (Å²) in [5, 5.41) is 0. The summed E-state index contributed by atoms with van der Waals surface area (Å²) in [5.41, 5.74) is 2.55. The highest BCUT2D eigenvalue weighted by Gasteiger charge is 2.54. The number of benzene rings is 1. The van der Waals surface area contributed by atoms with Crippen LogP contribution in [0.5, 0.6) is 0 Å². The van der Waals surface area contributed by atoms with Crippen molar-refractivity contribution < 1.29 is 18.8 Å². The molecule has 1 aromatic carbocycles. The number of aryl methyl sites for hydroxylation is 2. The second kappa shape index (κ2) is 6.89. The van der Waals surface area contributed by atoms with Crippen LogP contribution in [0.25, 0.3) is 0 Å². The van der Waals surface area contributed by atoms with Gasteiger partial charge in [-0.3, -0.25) is 4.79 Å². The second-order valence-corrected chi connectivity index (χ2v) is 7.60. The maximum atomic E-state index is 12.2. The van der Waals surface area contributed by atoms with Gasteiger partial charge in [0.2, 0.25) is 0 Å². The van der Waals surface area contributed by atoms with E-state index in [0.717, 1.165) is 11.1 Å². The average molecular weight is 332 g/mol. The Labute approximate surface area is 146 Å². The van der Waals surface area contributed by atoms with Crippen molar-refractivity contribution in [1.29, 1.82) is 0 Å². The highest BCUT2D eigenvalue weighted by atomic mass is 16.7. The first-order valence-electron chi connectivity index (χ1n) is 8.66. The first kappa shape index (κ1) is 19.0. The second-order valence-electron chi connectivity index (χ2n) is 7.60. The van der Waals surface area contributed by atoms with Gasteiger partial charge in [-0.25, -0.2) is 0 Å². The first-order valence-corrected chi connectivity index (χ1v) is 8.66. The lowest BCUT2D eigenvalue weighted by Crippen LogP contribution is -2.41. The summed E-state index contributed by atoms with van der Waals surface area (Å²) in [4.78, 5) is 12.2. The fourth-order valence-corrected chi connectivity index (χ4v) is 3.05. The lowest BCUT2D eigenvalue weighted by molar-refractivity contribution is -0.143. The van der Waals surface area contributed by atoms with E-state index in [1.54, 1.807) is 0 Å². The molecule has 0 saturated carbocycles. The van der Waals surface area contributed by atoms with Crippen molar-refractivity contribution in [1.82, 2.24) is 0 Å². The Morgan fingerprint density at radius 1 is 1.17 bits per heavy atom. The quantitative estimate of drug-likeness (QED) is 0.604. The fourth-order valence-electron chi connectivity index (χ4n) is 3.05. The van der Waals surface area contributed by atoms with E-state index < -0.39 is 18.3 Å². The minimum absolute atomic E-state index is 0.189. The van der Waals surface area contributed by atoms with Gasteiger partial charge in [0.1, 0.15) is 0 Å². The van der Waals surface area contributed by atoms with Gasteiger partial charge in [0.15, 0.2) is 0 Å². The molecule has 0 radical (unpaired) electrons. The van der Waals surface area contributed by atoms with Gasteiger partial charge in [-0.05, 0) is 59.6 Å². The third-order valence-electron chi connectivity index (χ3n) is 5.12. The van der Waals surface area contributed by atoms with Crippen LogP contribution < -0.4 is 0 Å². The van der Waals surface area contributed by atoms with Gasteiger partial charge in [-0.15, -0.1) is 0 Å². The number of carbonyl (C=O) groups is 1. The van der Waals surface area contributed by atoms with E-state index in [9.17, 15) is 4.79 Å². The predicted molar refractivity (Wildman–Crippen MR) is 96.0 cm³/mol. The zero-order chi connectivity index (χ0) is 18.1. The molecule has 1 saturated heterocycles. The molecule has 1 atom stereocenters. The molecule has 132 valence electrons. The van der Waals surface area contributed by atoms with Gasteiger partial charge in [0.25, 0.3) is 0 Å². The fraction of sp³-hybridized carbons (Fsp3) is 0.632. The van der Waals surface area contributed by atoms with Crippen LogP contribution in [0.3, 0.4) is 0 Å². The molecule has 0 aromatic heterocycles. The van der Waals surface area contributed by atoms with Crippen LogP contribution in [0.2, 0.25) is 0 Å². The Morgan fingerprint density at radius 3 is 2.25 bits per heavy atom. The van der Waals surface area contributed by atoms with E-state index in [-0.39, 0.29) is 18.2 Å². The Bertz CT molecular complexity index is 593. The predicted octanol–water partition coefficient (Wildman–Crippen LogP) is 3.97. The standard InChI is InChI=1S/C19H29BO4/c1-8-22-17(21)12-16(15-10-9-13(2)11-14(15)3)20-23-18(4,5)19(6,7)24-20/h9-11,16H,8,12H2,1-7H3. The molecule has 0 spiro atoms. The highest BCUT2D eigenvalue weighted by molar-refractivity contribution is 6.48. The van der Waals surface area contributed by atoms with Gasteiger partial charge >= 0.3 is 13.1 Å². The van der Waals surface area contributed by atoms with Crippen molar-refractivity contribution in [2.45, 2.75) is 71.9 Å². The molecule has 1 heterocycles. The summed E-state index contributed by atoms with van der Waals surface area (Å²) in [5.74, 6) is -0.414. The maximum absolute atomic E-state index is 12.2. The monoisotopic (exact) mass is 332 g/mol. The SMILES string of the molecule is CCOC(=O)CC(B1OC(C)(C)C(C)(C)O1)c1ccc(C)cc1C. The molecular formula is C19H29BO4. The minimum Gasteiger partial charge on any atom is -0.466 e. The minimum atomic E-state index is -0.471. The zero-order valence-corrected chi connectivity index (χ0v) is 15.9. The molecule has 0 amide bonds. The topological polar surface area (TPSA) is 44.8 Å². The van der Waals surface area contributed by atoms with Crippen LogP contribution in [-0.4, -0.2) is 30.9 Å². The van der Waals surface area contributed by atoms with Crippen LogP contribution in [0.15, 0.2) is 18.2 Å². The molecule has 1 aromatic rings. The molecule has 0 bridgehead atoms. The van der Waals surface area contributed by atoms with E-state index in [4.69, 9.17) is 14.0 Å².